The predicted octanol–water partition coefficient (Wildman–Crippen LogP) is 1.55. The lowest BCUT2D eigenvalue weighted by Gasteiger charge is -2.23. The van der Waals surface area contributed by atoms with Crippen LogP contribution >= 0.6 is 0 Å². The van der Waals surface area contributed by atoms with Gasteiger partial charge in [-0.15, -0.1) is 0 Å². The van der Waals surface area contributed by atoms with Crippen LogP contribution in [0.4, 0.5) is 5.69 Å². The Morgan fingerprint density at radius 3 is 2.62 bits per heavy atom. The smallest absolute Gasteiger partial charge is 0.303 e. The number of aromatic nitrogens is 3. The standard InChI is InChI=1S/C14H16N4O3/c1-10(19)21-14(2,3)13(20)17-11-4-5-12(16-8-11)18-7-6-15-9-18/h4-9H,1-3H3,(H,17,20). The molecule has 0 aliphatic carbocycles. The summed E-state index contributed by atoms with van der Waals surface area (Å²) in [5.74, 6) is -0.247. The SMILES string of the molecule is CC(=O)OC(C)(C)C(=O)Nc1ccc(-n2ccnc2)nc1. The monoisotopic (exact) mass is 288 g/mol. The lowest BCUT2D eigenvalue weighted by Crippen LogP contribution is -2.41. The van der Waals surface area contributed by atoms with Crippen LogP contribution in [0.25, 0.3) is 5.82 Å². The highest BCUT2D eigenvalue weighted by Crippen LogP contribution is 2.15. The minimum Gasteiger partial charge on any atom is -0.450 e. The van der Waals surface area contributed by atoms with Gasteiger partial charge in [-0.3, -0.25) is 14.2 Å². The number of nitrogens with zero attached hydrogens (tertiary/aromatic N) is 3. The van der Waals surface area contributed by atoms with Crippen molar-refractivity contribution in [3.05, 3.63) is 37.1 Å². The number of nitrogens with one attached hydrogen (secondary N) is 1. The van der Waals surface area contributed by atoms with Crippen LogP contribution in [0.15, 0.2) is 37.1 Å². The van der Waals surface area contributed by atoms with Crippen LogP contribution in [0.1, 0.15) is 20.8 Å². The van der Waals surface area contributed by atoms with Crippen molar-refractivity contribution in [2.24, 2.45) is 0 Å². The molecule has 7 heteroatoms. The van der Waals surface area contributed by atoms with Gasteiger partial charge in [-0.25, -0.2) is 9.97 Å². The number of esters is 1. The molecular weight excluding hydrogens is 272 g/mol. The minimum atomic E-state index is -1.24. The molecule has 21 heavy (non-hydrogen) atoms. The second-order valence-electron chi connectivity index (χ2n) is 4.93. The number of carbonyl (C=O) groups excluding carboxylic acids is 2. The number of amides is 1. The highest BCUT2D eigenvalue weighted by atomic mass is 16.6. The van der Waals surface area contributed by atoms with Crippen LogP contribution in [0.3, 0.4) is 0 Å². The Kier molecular flexibility index (Phi) is 4.02. The van der Waals surface area contributed by atoms with Crippen molar-refractivity contribution in [2.75, 3.05) is 5.32 Å². The fourth-order valence-electron chi connectivity index (χ4n) is 1.69. The van der Waals surface area contributed by atoms with E-state index in [1.165, 1.54) is 27.0 Å². The molecule has 0 bridgehead atoms. The maximum atomic E-state index is 12.1. The van der Waals surface area contributed by atoms with Crippen molar-refractivity contribution in [3.8, 4) is 5.82 Å². The molecule has 2 rings (SSSR count). The Balaban J connectivity index is 2.06. The summed E-state index contributed by atoms with van der Waals surface area (Å²) in [5.41, 5.74) is -0.724. The third-order valence-electron chi connectivity index (χ3n) is 2.72. The topological polar surface area (TPSA) is 86.1 Å². The van der Waals surface area contributed by atoms with Gasteiger partial charge in [0.1, 0.15) is 12.1 Å². The van der Waals surface area contributed by atoms with E-state index in [0.29, 0.717) is 11.5 Å². The fraction of sp³-hybridized carbons (Fsp3) is 0.286. The first-order valence-electron chi connectivity index (χ1n) is 6.34. The summed E-state index contributed by atoms with van der Waals surface area (Å²) < 4.78 is 6.72. The van der Waals surface area contributed by atoms with Gasteiger partial charge in [0.05, 0.1) is 11.9 Å². The van der Waals surface area contributed by atoms with E-state index >= 15 is 0 Å². The summed E-state index contributed by atoms with van der Waals surface area (Å²) >= 11 is 0. The Morgan fingerprint density at radius 1 is 1.33 bits per heavy atom. The summed E-state index contributed by atoms with van der Waals surface area (Å²) in [7, 11) is 0. The largest absolute Gasteiger partial charge is 0.450 e. The zero-order chi connectivity index (χ0) is 15.5. The quantitative estimate of drug-likeness (QED) is 0.863. The first-order valence-corrected chi connectivity index (χ1v) is 6.34. The van der Waals surface area contributed by atoms with Crippen LogP contribution in [0, 0.1) is 0 Å². The number of ether oxygens (including phenoxy) is 1. The van der Waals surface area contributed by atoms with E-state index in [9.17, 15) is 9.59 Å². The highest BCUT2D eigenvalue weighted by molar-refractivity contribution is 5.97. The molecule has 0 fully saturated rings. The van der Waals surface area contributed by atoms with Gasteiger partial charge in [-0.2, -0.15) is 0 Å². The van der Waals surface area contributed by atoms with Gasteiger partial charge < -0.3 is 10.1 Å². The Labute approximate surface area is 122 Å². The van der Waals surface area contributed by atoms with Gasteiger partial charge in [0.25, 0.3) is 5.91 Å². The van der Waals surface area contributed by atoms with Gasteiger partial charge in [0, 0.05) is 19.3 Å². The van der Waals surface area contributed by atoms with Crippen LogP contribution < -0.4 is 5.32 Å². The molecule has 7 nitrogen and oxygen atoms in total. The lowest BCUT2D eigenvalue weighted by atomic mass is 10.1. The molecule has 0 saturated carbocycles. The normalized spacial score (nSPS) is 11.0. The Bertz CT molecular complexity index is 633. The van der Waals surface area contributed by atoms with E-state index in [2.05, 4.69) is 15.3 Å². The van der Waals surface area contributed by atoms with Crippen molar-refractivity contribution < 1.29 is 14.3 Å². The molecule has 2 aromatic rings. The van der Waals surface area contributed by atoms with E-state index in [4.69, 9.17) is 4.74 Å². The molecule has 2 heterocycles. The van der Waals surface area contributed by atoms with Crippen LogP contribution in [-0.4, -0.2) is 32.0 Å². The van der Waals surface area contributed by atoms with Crippen molar-refractivity contribution in [1.82, 2.24) is 14.5 Å². The zero-order valence-corrected chi connectivity index (χ0v) is 12.0. The third kappa shape index (κ3) is 3.65. The number of carbonyl (C=O) groups is 2. The summed E-state index contributed by atoms with van der Waals surface area (Å²) in [6.45, 7) is 4.31. The highest BCUT2D eigenvalue weighted by Gasteiger charge is 2.31. The molecule has 0 spiro atoms. The third-order valence-corrected chi connectivity index (χ3v) is 2.72. The van der Waals surface area contributed by atoms with E-state index in [1.54, 1.807) is 35.4 Å². The first-order chi connectivity index (χ1) is 9.88. The summed E-state index contributed by atoms with van der Waals surface area (Å²) in [6.07, 6.45) is 6.57. The molecule has 110 valence electrons. The summed E-state index contributed by atoms with van der Waals surface area (Å²) in [6, 6.07) is 3.46. The zero-order valence-electron chi connectivity index (χ0n) is 12.0. The molecule has 0 unspecified atom stereocenters. The van der Waals surface area contributed by atoms with E-state index < -0.39 is 17.5 Å². The van der Waals surface area contributed by atoms with Gasteiger partial charge >= 0.3 is 5.97 Å². The van der Waals surface area contributed by atoms with Gasteiger partial charge in [0.2, 0.25) is 0 Å². The minimum absolute atomic E-state index is 0.421. The number of imidazole rings is 1. The number of hydrogen-bond acceptors (Lipinski definition) is 5. The van der Waals surface area contributed by atoms with Gasteiger partial charge in [-0.05, 0) is 26.0 Å². The van der Waals surface area contributed by atoms with Crippen molar-refractivity contribution in [1.29, 1.82) is 0 Å². The molecule has 0 aliphatic rings. The number of hydrogen-bond donors (Lipinski definition) is 1. The number of rotatable bonds is 4. The van der Waals surface area contributed by atoms with Crippen molar-refractivity contribution in [2.45, 2.75) is 26.4 Å². The Morgan fingerprint density at radius 2 is 2.10 bits per heavy atom. The maximum absolute atomic E-state index is 12.1. The molecule has 0 saturated heterocycles. The molecule has 0 atom stereocenters. The van der Waals surface area contributed by atoms with Crippen LogP contribution in [-0.2, 0) is 14.3 Å². The van der Waals surface area contributed by atoms with Crippen molar-refractivity contribution in [3.63, 3.8) is 0 Å². The number of pyridine rings is 1. The Hall–Kier alpha value is -2.70. The molecule has 1 amide bonds. The predicted molar refractivity (Wildman–Crippen MR) is 75.8 cm³/mol. The second-order valence-corrected chi connectivity index (χ2v) is 4.93. The first kappa shape index (κ1) is 14.7. The molecule has 1 N–H and O–H groups in total. The molecule has 2 aromatic heterocycles. The molecule has 0 aliphatic heterocycles. The average Bonchev–Trinajstić information content (AvgIpc) is 2.92. The summed E-state index contributed by atoms with van der Waals surface area (Å²) in [4.78, 5) is 31.2. The van der Waals surface area contributed by atoms with E-state index in [1.807, 2.05) is 0 Å². The number of anilines is 1. The van der Waals surface area contributed by atoms with Gasteiger partial charge in [0.15, 0.2) is 5.60 Å². The van der Waals surface area contributed by atoms with E-state index in [0.717, 1.165) is 0 Å². The fourth-order valence-corrected chi connectivity index (χ4v) is 1.69. The van der Waals surface area contributed by atoms with Gasteiger partial charge in [-0.1, -0.05) is 0 Å². The van der Waals surface area contributed by atoms with Crippen LogP contribution in [0.2, 0.25) is 0 Å². The molecular formula is C14H16N4O3. The second kappa shape index (κ2) is 5.74. The van der Waals surface area contributed by atoms with Crippen LogP contribution in [0.5, 0.6) is 0 Å². The maximum Gasteiger partial charge on any atom is 0.303 e. The average molecular weight is 288 g/mol. The molecule has 0 aromatic carbocycles. The lowest BCUT2D eigenvalue weighted by molar-refractivity contribution is -0.160. The van der Waals surface area contributed by atoms with Crippen molar-refractivity contribution >= 4 is 17.6 Å². The van der Waals surface area contributed by atoms with E-state index in [-0.39, 0.29) is 0 Å². The summed E-state index contributed by atoms with van der Waals surface area (Å²) in [5, 5.41) is 2.66. The molecule has 0 radical (unpaired) electrons.